The normalized spacial score (nSPS) is 11.2. The molecule has 108 valence electrons. The van der Waals surface area contributed by atoms with Crippen molar-refractivity contribution in [3.05, 3.63) is 53.5 Å². The number of benzene rings is 1. The summed E-state index contributed by atoms with van der Waals surface area (Å²) in [5.41, 5.74) is 3.72. The van der Waals surface area contributed by atoms with E-state index in [-0.39, 0.29) is 0 Å². The highest BCUT2D eigenvalue weighted by atomic mass is 79.9. The molecule has 0 aliphatic rings. The van der Waals surface area contributed by atoms with Crippen LogP contribution in [0.4, 0.5) is 0 Å². The van der Waals surface area contributed by atoms with Crippen LogP contribution in [0.3, 0.4) is 0 Å². The molecule has 5 nitrogen and oxygen atoms in total. The zero-order valence-electron chi connectivity index (χ0n) is 11.7. The van der Waals surface area contributed by atoms with Gasteiger partial charge in [-0.25, -0.2) is 9.97 Å². The van der Waals surface area contributed by atoms with Crippen LogP contribution in [0.25, 0.3) is 27.6 Å². The zero-order valence-corrected chi connectivity index (χ0v) is 13.3. The second-order valence-electron chi connectivity index (χ2n) is 4.83. The van der Waals surface area contributed by atoms with E-state index in [1.54, 1.807) is 25.8 Å². The topological polar surface area (TPSA) is 52.8 Å². The summed E-state index contributed by atoms with van der Waals surface area (Å²) in [6.07, 6.45) is 5.35. The lowest BCUT2D eigenvalue weighted by Gasteiger charge is -2.07. The van der Waals surface area contributed by atoms with Crippen LogP contribution < -0.4 is 4.74 Å². The third-order valence-corrected chi connectivity index (χ3v) is 4.04. The first-order chi connectivity index (χ1) is 10.8. The van der Waals surface area contributed by atoms with Gasteiger partial charge in [0.25, 0.3) is 0 Å². The van der Waals surface area contributed by atoms with Crippen molar-refractivity contribution in [1.29, 1.82) is 0 Å². The summed E-state index contributed by atoms with van der Waals surface area (Å²) in [6, 6.07) is 9.82. The first kappa shape index (κ1) is 13.2. The van der Waals surface area contributed by atoms with Gasteiger partial charge in [-0.1, -0.05) is 15.9 Å². The third-order valence-electron chi connectivity index (χ3n) is 3.54. The Hall–Kier alpha value is -2.47. The van der Waals surface area contributed by atoms with E-state index in [4.69, 9.17) is 4.74 Å². The largest absolute Gasteiger partial charge is 0.481 e. The fourth-order valence-corrected chi connectivity index (χ4v) is 2.86. The number of hydrogen-bond acceptors (Lipinski definition) is 4. The average molecular weight is 355 g/mol. The summed E-state index contributed by atoms with van der Waals surface area (Å²) in [5, 5.41) is 1.04. The molecule has 0 aliphatic carbocycles. The van der Waals surface area contributed by atoms with E-state index >= 15 is 0 Å². The molecule has 4 aromatic rings. The number of methoxy groups -OCH3 is 1. The number of pyridine rings is 2. The van der Waals surface area contributed by atoms with E-state index in [1.165, 1.54) is 0 Å². The molecule has 0 N–H and O–H groups in total. The molecule has 0 atom stereocenters. The SMILES string of the molecule is COc1ccc(-n2cnc3cnc4ccc(Br)cc4c32)cn1. The summed E-state index contributed by atoms with van der Waals surface area (Å²) in [4.78, 5) is 13.2. The quantitative estimate of drug-likeness (QED) is 0.550. The fourth-order valence-electron chi connectivity index (χ4n) is 2.50. The van der Waals surface area contributed by atoms with E-state index in [0.717, 1.165) is 32.1 Å². The molecule has 0 aliphatic heterocycles. The Morgan fingerprint density at radius 2 is 1.91 bits per heavy atom. The van der Waals surface area contributed by atoms with Crippen LogP contribution in [0.5, 0.6) is 5.88 Å². The van der Waals surface area contributed by atoms with E-state index in [9.17, 15) is 0 Å². The Bertz CT molecular complexity index is 979. The van der Waals surface area contributed by atoms with Crippen molar-refractivity contribution in [3.8, 4) is 11.6 Å². The van der Waals surface area contributed by atoms with E-state index in [0.29, 0.717) is 5.88 Å². The minimum Gasteiger partial charge on any atom is -0.481 e. The lowest BCUT2D eigenvalue weighted by atomic mass is 10.2. The van der Waals surface area contributed by atoms with Gasteiger partial charge in [0.05, 0.1) is 36.2 Å². The van der Waals surface area contributed by atoms with Crippen molar-refractivity contribution in [2.45, 2.75) is 0 Å². The van der Waals surface area contributed by atoms with Crippen molar-refractivity contribution < 1.29 is 4.74 Å². The number of aromatic nitrogens is 4. The second-order valence-corrected chi connectivity index (χ2v) is 5.74. The maximum atomic E-state index is 5.11. The molecule has 22 heavy (non-hydrogen) atoms. The molecule has 0 unspecified atom stereocenters. The molecule has 3 aromatic heterocycles. The van der Waals surface area contributed by atoms with Crippen LogP contribution >= 0.6 is 15.9 Å². The molecule has 0 saturated heterocycles. The van der Waals surface area contributed by atoms with Gasteiger partial charge in [-0.05, 0) is 24.3 Å². The maximum Gasteiger partial charge on any atom is 0.213 e. The molecule has 0 saturated carbocycles. The summed E-state index contributed by atoms with van der Waals surface area (Å²) >= 11 is 3.52. The lowest BCUT2D eigenvalue weighted by molar-refractivity contribution is 0.398. The fraction of sp³-hybridized carbons (Fsp3) is 0.0625. The van der Waals surface area contributed by atoms with Gasteiger partial charge in [-0.15, -0.1) is 0 Å². The Morgan fingerprint density at radius 3 is 2.68 bits per heavy atom. The number of hydrogen-bond donors (Lipinski definition) is 0. The van der Waals surface area contributed by atoms with Gasteiger partial charge in [-0.2, -0.15) is 0 Å². The van der Waals surface area contributed by atoms with E-state index < -0.39 is 0 Å². The number of ether oxygens (including phenoxy) is 1. The number of rotatable bonds is 2. The van der Waals surface area contributed by atoms with E-state index in [2.05, 4.69) is 36.9 Å². The standard InChI is InChI=1S/C16H11BrN4O/c1-22-15-5-3-11(7-19-15)21-9-20-14-8-18-13-4-2-10(17)6-12(13)16(14)21/h2-9H,1H3. The van der Waals surface area contributed by atoms with Crippen molar-refractivity contribution in [3.63, 3.8) is 0 Å². The summed E-state index contributed by atoms with van der Waals surface area (Å²) in [6.45, 7) is 0. The van der Waals surface area contributed by atoms with Crippen molar-refractivity contribution in [2.24, 2.45) is 0 Å². The highest BCUT2D eigenvalue weighted by molar-refractivity contribution is 9.10. The molecule has 0 fully saturated rings. The molecule has 1 aromatic carbocycles. The predicted octanol–water partition coefficient (Wildman–Crippen LogP) is 3.74. The highest BCUT2D eigenvalue weighted by Crippen LogP contribution is 2.28. The molecule has 0 bridgehead atoms. The zero-order chi connectivity index (χ0) is 15.1. The number of nitrogens with zero attached hydrogens (tertiary/aromatic N) is 4. The van der Waals surface area contributed by atoms with Crippen molar-refractivity contribution in [1.82, 2.24) is 19.5 Å². The van der Waals surface area contributed by atoms with Crippen LogP contribution in [-0.2, 0) is 0 Å². The lowest BCUT2D eigenvalue weighted by Crippen LogP contribution is -1.95. The summed E-state index contributed by atoms with van der Waals surface area (Å²) in [5.74, 6) is 0.586. The molecular weight excluding hydrogens is 344 g/mol. The number of imidazole rings is 1. The van der Waals surface area contributed by atoms with Crippen LogP contribution in [-0.4, -0.2) is 26.6 Å². The second kappa shape index (κ2) is 5.06. The Morgan fingerprint density at radius 1 is 1.00 bits per heavy atom. The first-order valence-corrected chi connectivity index (χ1v) is 7.47. The van der Waals surface area contributed by atoms with Gasteiger partial charge < -0.3 is 4.74 Å². The van der Waals surface area contributed by atoms with Crippen LogP contribution in [0.1, 0.15) is 0 Å². The van der Waals surface area contributed by atoms with Gasteiger partial charge >= 0.3 is 0 Å². The monoisotopic (exact) mass is 354 g/mol. The van der Waals surface area contributed by atoms with Crippen molar-refractivity contribution in [2.75, 3.05) is 7.11 Å². The molecule has 6 heteroatoms. The molecule has 0 spiro atoms. The Balaban J connectivity index is 2.02. The highest BCUT2D eigenvalue weighted by Gasteiger charge is 2.10. The maximum absolute atomic E-state index is 5.11. The smallest absolute Gasteiger partial charge is 0.213 e. The minimum absolute atomic E-state index is 0.586. The molecule has 4 rings (SSSR count). The molecule has 0 amide bonds. The van der Waals surface area contributed by atoms with Crippen LogP contribution in [0.15, 0.2) is 53.5 Å². The Kier molecular flexibility index (Phi) is 3.04. The average Bonchev–Trinajstić information content (AvgIpc) is 2.99. The van der Waals surface area contributed by atoms with Gasteiger partial charge in [0, 0.05) is 15.9 Å². The summed E-state index contributed by atoms with van der Waals surface area (Å²) in [7, 11) is 1.60. The van der Waals surface area contributed by atoms with E-state index in [1.807, 2.05) is 28.8 Å². The number of halogens is 1. The first-order valence-electron chi connectivity index (χ1n) is 6.68. The van der Waals surface area contributed by atoms with Gasteiger partial charge in [0.1, 0.15) is 11.8 Å². The molecule has 3 heterocycles. The van der Waals surface area contributed by atoms with Gasteiger partial charge in [0.2, 0.25) is 5.88 Å². The Labute approximate surface area is 134 Å². The van der Waals surface area contributed by atoms with Crippen LogP contribution in [0.2, 0.25) is 0 Å². The molecular formula is C16H11BrN4O. The minimum atomic E-state index is 0.586. The number of fused-ring (bicyclic) bond motifs is 3. The predicted molar refractivity (Wildman–Crippen MR) is 88.4 cm³/mol. The molecule has 0 radical (unpaired) electrons. The van der Waals surface area contributed by atoms with Crippen molar-refractivity contribution >= 4 is 37.9 Å². The van der Waals surface area contributed by atoms with Crippen LogP contribution in [0, 0.1) is 0 Å². The van der Waals surface area contributed by atoms with Gasteiger partial charge in [-0.3, -0.25) is 9.55 Å². The third kappa shape index (κ3) is 2.03. The van der Waals surface area contributed by atoms with Gasteiger partial charge in [0.15, 0.2) is 0 Å². The summed E-state index contributed by atoms with van der Waals surface area (Å²) < 4.78 is 8.13.